The van der Waals surface area contributed by atoms with E-state index in [0.29, 0.717) is 4.88 Å². The summed E-state index contributed by atoms with van der Waals surface area (Å²) >= 11 is 4.91. The van der Waals surface area contributed by atoms with E-state index in [2.05, 4.69) is 17.5 Å². The average molecular weight is 175 g/mol. The van der Waals surface area contributed by atoms with Crippen molar-refractivity contribution in [1.82, 2.24) is 0 Å². The van der Waals surface area contributed by atoms with Gasteiger partial charge in [0.25, 0.3) is 0 Å². The van der Waals surface area contributed by atoms with Crippen LogP contribution < -0.4 is 4.72 Å². The van der Waals surface area contributed by atoms with E-state index in [1.54, 1.807) is 6.07 Å². The SMILES string of the molecule is O=C(O)c1ccc(NS)s1. The molecule has 1 heterocycles. The average Bonchev–Trinajstić information content (AvgIpc) is 2.34. The second-order valence-electron chi connectivity index (χ2n) is 1.58. The fourth-order valence-corrected chi connectivity index (χ4v) is 1.37. The summed E-state index contributed by atoms with van der Waals surface area (Å²) in [5, 5.41) is 9.19. The van der Waals surface area contributed by atoms with E-state index in [9.17, 15) is 4.79 Å². The number of hydrogen-bond donors (Lipinski definition) is 3. The van der Waals surface area contributed by atoms with Gasteiger partial charge >= 0.3 is 5.97 Å². The number of carbonyl (C=O) groups is 1. The molecule has 54 valence electrons. The molecule has 2 N–H and O–H groups in total. The standard InChI is InChI=1S/C5H5NO2S2/c7-5(8)3-1-2-4(6-9)10-3/h1-2,6,9H,(H,7,8). The Bertz CT molecular complexity index is 246. The highest BCUT2D eigenvalue weighted by molar-refractivity contribution is 7.82. The number of thiophene rings is 1. The molecule has 0 aliphatic rings. The molecule has 0 spiro atoms. The Morgan fingerprint density at radius 3 is 2.70 bits per heavy atom. The number of aromatic carboxylic acids is 1. The second kappa shape index (κ2) is 2.94. The number of hydrogen-bond acceptors (Lipinski definition) is 4. The monoisotopic (exact) mass is 175 g/mol. The van der Waals surface area contributed by atoms with E-state index in [1.165, 1.54) is 6.07 Å². The van der Waals surface area contributed by atoms with Crippen LogP contribution in [0.2, 0.25) is 0 Å². The van der Waals surface area contributed by atoms with Gasteiger partial charge in [-0.1, -0.05) is 12.8 Å². The largest absolute Gasteiger partial charge is 0.477 e. The molecule has 0 atom stereocenters. The molecular formula is C5H5NO2S2. The zero-order valence-electron chi connectivity index (χ0n) is 4.87. The summed E-state index contributed by atoms with van der Waals surface area (Å²) in [5.74, 6) is -0.903. The van der Waals surface area contributed by atoms with Crippen LogP contribution in [0.3, 0.4) is 0 Å². The second-order valence-corrected chi connectivity index (χ2v) is 2.89. The lowest BCUT2D eigenvalue weighted by Gasteiger charge is -1.86. The van der Waals surface area contributed by atoms with Gasteiger partial charge in [0.2, 0.25) is 0 Å². The van der Waals surface area contributed by atoms with Crippen molar-refractivity contribution in [1.29, 1.82) is 0 Å². The van der Waals surface area contributed by atoms with Crippen LogP contribution in [-0.4, -0.2) is 11.1 Å². The maximum absolute atomic E-state index is 10.3. The van der Waals surface area contributed by atoms with Crippen molar-refractivity contribution < 1.29 is 9.90 Å². The van der Waals surface area contributed by atoms with E-state index in [4.69, 9.17) is 5.11 Å². The van der Waals surface area contributed by atoms with Gasteiger partial charge in [0.1, 0.15) is 4.88 Å². The Balaban J connectivity index is 2.88. The third kappa shape index (κ3) is 1.43. The van der Waals surface area contributed by atoms with Gasteiger partial charge in [-0.3, -0.25) is 0 Å². The number of anilines is 1. The minimum atomic E-state index is -0.903. The molecule has 0 saturated carbocycles. The maximum Gasteiger partial charge on any atom is 0.345 e. The lowest BCUT2D eigenvalue weighted by Crippen LogP contribution is -1.89. The summed E-state index contributed by atoms with van der Waals surface area (Å²) < 4.78 is 2.55. The number of thiol groups is 1. The van der Waals surface area contributed by atoms with Crippen LogP contribution in [0.5, 0.6) is 0 Å². The van der Waals surface area contributed by atoms with Gasteiger partial charge in [0, 0.05) is 0 Å². The summed E-state index contributed by atoms with van der Waals surface area (Å²) in [6.07, 6.45) is 0. The molecule has 0 radical (unpaired) electrons. The molecule has 1 aromatic rings. The summed E-state index contributed by atoms with van der Waals surface area (Å²) in [6.45, 7) is 0. The van der Waals surface area contributed by atoms with Crippen LogP contribution in [0, 0.1) is 0 Å². The first-order valence-corrected chi connectivity index (χ1v) is 3.73. The highest BCUT2D eigenvalue weighted by Gasteiger charge is 2.04. The normalized spacial score (nSPS) is 9.30. The zero-order chi connectivity index (χ0) is 7.56. The number of carboxylic acid groups (broad SMARTS) is 1. The zero-order valence-corrected chi connectivity index (χ0v) is 6.58. The van der Waals surface area contributed by atoms with Gasteiger partial charge < -0.3 is 9.83 Å². The van der Waals surface area contributed by atoms with E-state index in [1.807, 2.05) is 0 Å². The minimum absolute atomic E-state index is 0.316. The van der Waals surface area contributed by atoms with Crippen molar-refractivity contribution >= 4 is 35.1 Å². The topological polar surface area (TPSA) is 49.3 Å². The lowest BCUT2D eigenvalue weighted by atomic mass is 10.5. The van der Waals surface area contributed by atoms with Crippen LogP contribution in [0.4, 0.5) is 5.00 Å². The van der Waals surface area contributed by atoms with Gasteiger partial charge in [0.15, 0.2) is 0 Å². The van der Waals surface area contributed by atoms with Gasteiger partial charge in [0.05, 0.1) is 5.00 Å². The van der Waals surface area contributed by atoms with Gasteiger partial charge in [-0.15, -0.1) is 11.3 Å². The summed E-state index contributed by atoms with van der Waals surface area (Å²) in [6, 6.07) is 3.20. The quantitative estimate of drug-likeness (QED) is 0.600. The third-order valence-electron chi connectivity index (χ3n) is 0.927. The van der Waals surface area contributed by atoms with Crippen molar-refractivity contribution in [3.05, 3.63) is 17.0 Å². The Morgan fingerprint density at radius 2 is 2.40 bits per heavy atom. The molecule has 0 amide bonds. The molecule has 0 unspecified atom stereocenters. The summed E-state index contributed by atoms with van der Waals surface area (Å²) in [7, 11) is 0. The van der Waals surface area contributed by atoms with Gasteiger partial charge in [-0.2, -0.15) is 0 Å². The first-order valence-electron chi connectivity index (χ1n) is 2.47. The Kier molecular flexibility index (Phi) is 2.18. The van der Waals surface area contributed by atoms with Crippen LogP contribution in [0.15, 0.2) is 12.1 Å². The van der Waals surface area contributed by atoms with Crippen molar-refractivity contribution in [2.75, 3.05) is 4.72 Å². The smallest absolute Gasteiger partial charge is 0.345 e. The predicted molar refractivity (Wildman–Crippen MR) is 43.9 cm³/mol. The van der Waals surface area contributed by atoms with Crippen molar-refractivity contribution in [2.45, 2.75) is 0 Å². The maximum atomic E-state index is 10.3. The fraction of sp³-hybridized carbons (Fsp3) is 0. The number of nitrogens with one attached hydrogen (secondary N) is 1. The Morgan fingerprint density at radius 1 is 1.70 bits per heavy atom. The Labute approximate surface area is 67.2 Å². The van der Waals surface area contributed by atoms with Crippen LogP contribution in [0.25, 0.3) is 0 Å². The molecule has 1 rings (SSSR count). The van der Waals surface area contributed by atoms with Crippen LogP contribution in [-0.2, 0) is 0 Å². The highest BCUT2D eigenvalue weighted by Crippen LogP contribution is 2.21. The Hall–Kier alpha value is -0.680. The van der Waals surface area contributed by atoms with Gasteiger partial charge in [-0.25, -0.2) is 4.79 Å². The van der Waals surface area contributed by atoms with Crippen LogP contribution >= 0.6 is 24.2 Å². The molecule has 0 saturated heterocycles. The molecule has 1 aromatic heterocycles. The number of rotatable bonds is 2. The molecule has 0 aliphatic carbocycles. The van der Waals surface area contributed by atoms with E-state index in [-0.39, 0.29) is 0 Å². The van der Waals surface area contributed by atoms with Gasteiger partial charge in [-0.05, 0) is 12.1 Å². The molecule has 0 fully saturated rings. The first-order chi connectivity index (χ1) is 4.74. The summed E-state index contributed by atoms with van der Waals surface area (Å²) in [5.41, 5.74) is 0. The molecule has 0 aliphatic heterocycles. The minimum Gasteiger partial charge on any atom is -0.477 e. The first kappa shape index (κ1) is 7.43. The summed E-state index contributed by atoms with van der Waals surface area (Å²) in [4.78, 5) is 10.6. The molecule has 0 aromatic carbocycles. The lowest BCUT2D eigenvalue weighted by molar-refractivity contribution is 0.0702. The molecule has 3 nitrogen and oxygen atoms in total. The molecule has 0 bridgehead atoms. The van der Waals surface area contributed by atoms with E-state index >= 15 is 0 Å². The van der Waals surface area contributed by atoms with E-state index < -0.39 is 5.97 Å². The van der Waals surface area contributed by atoms with E-state index in [0.717, 1.165) is 16.3 Å². The molecule has 10 heavy (non-hydrogen) atoms. The van der Waals surface area contributed by atoms with Crippen molar-refractivity contribution in [3.8, 4) is 0 Å². The molecular weight excluding hydrogens is 170 g/mol. The molecule has 5 heteroatoms. The van der Waals surface area contributed by atoms with Crippen molar-refractivity contribution in [2.24, 2.45) is 0 Å². The number of carboxylic acids is 1. The van der Waals surface area contributed by atoms with Crippen LogP contribution in [0.1, 0.15) is 9.67 Å². The van der Waals surface area contributed by atoms with Crippen molar-refractivity contribution in [3.63, 3.8) is 0 Å². The predicted octanol–water partition coefficient (Wildman–Crippen LogP) is 1.70. The highest BCUT2D eigenvalue weighted by atomic mass is 32.1. The third-order valence-corrected chi connectivity index (χ3v) is 2.31. The fourth-order valence-electron chi connectivity index (χ4n) is 0.513.